The van der Waals surface area contributed by atoms with Crippen molar-refractivity contribution in [2.24, 2.45) is 0 Å². The predicted molar refractivity (Wildman–Crippen MR) is 40.1 cm³/mol. The summed E-state index contributed by atoms with van der Waals surface area (Å²) in [5.41, 5.74) is 0.328. The van der Waals surface area contributed by atoms with Crippen LogP contribution in [0.1, 0.15) is 19.3 Å². The summed E-state index contributed by atoms with van der Waals surface area (Å²) in [4.78, 5) is 20.7. The van der Waals surface area contributed by atoms with E-state index in [0.29, 0.717) is 11.9 Å². The van der Waals surface area contributed by atoms with Crippen molar-refractivity contribution in [3.05, 3.63) is 12.2 Å². The molecule has 1 rings (SSSR count). The van der Waals surface area contributed by atoms with Crippen molar-refractivity contribution in [2.45, 2.75) is 25.0 Å². The molecule has 1 heterocycles. The molecule has 1 atom stereocenters. The molecule has 0 bridgehead atoms. The highest BCUT2D eigenvalue weighted by Gasteiger charge is 2.41. The lowest BCUT2D eigenvalue weighted by molar-refractivity contribution is -0.180. The SMILES string of the molecule is C=C1CC(=O)OC1(O)CCC=O. The maximum atomic E-state index is 10.7. The fourth-order valence-corrected chi connectivity index (χ4v) is 1.09. The van der Waals surface area contributed by atoms with Gasteiger partial charge in [-0.05, 0) is 0 Å². The number of hydrogen-bond acceptors (Lipinski definition) is 4. The van der Waals surface area contributed by atoms with Crippen LogP contribution in [-0.2, 0) is 14.3 Å². The Labute approximate surface area is 69.8 Å². The molecule has 1 saturated heterocycles. The highest BCUT2D eigenvalue weighted by Crippen LogP contribution is 2.32. The third-order valence-corrected chi connectivity index (χ3v) is 1.79. The third kappa shape index (κ3) is 1.53. The summed E-state index contributed by atoms with van der Waals surface area (Å²) in [5.74, 6) is -2.09. The van der Waals surface area contributed by atoms with Crippen molar-refractivity contribution >= 4 is 12.3 Å². The quantitative estimate of drug-likeness (QED) is 0.372. The second-order valence-corrected chi connectivity index (χ2v) is 2.74. The first kappa shape index (κ1) is 8.93. The molecule has 0 amide bonds. The van der Waals surface area contributed by atoms with E-state index >= 15 is 0 Å². The Balaban J connectivity index is 2.64. The molecule has 0 saturated carbocycles. The van der Waals surface area contributed by atoms with Crippen LogP contribution >= 0.6 is 0 Å². The maximum absolute atomic E-state index is 10.7. The molecule has 4 nitrogen and oxygen atoms in total. The number of esters is 1. The highest BCUT2D eigenvalue weighted by atomic mass is 16.7. The van der Waals surface area contributed by atoms with E-state index in [2.05, 4.69) is 11.3 Å². The first-order valence-corrected chi connectivity index (χ1v) is 3.64. The Morgan fingerprint density at radius 2 is 2.42 bits per heavy atom. The molecule has 1 unspecified atom stereocenters. The molecule has 1 aliphatic heterocycles. The van der Waals surface area contributed by atoms with E-state index in [0.717, 1.165) is 0 Å². The Morgan fingerprint density at radius 3 is 2.83 bits per heavy atom. The molecular formula is C8H10O4. The van der Waals surface area contributed by atoms with Gasteiger partial charge in [0.25, 0.3) is 0 Å². The molecule has 0 aliphatic carbocycles. The molecule has 0 radical (unpaired) electrons. The summed E-state index contributed by atoms with van der Waals surface area (Å²) in [6.45, 7) is 3.50. The van der Waals surface area contributed by atoms with Gasteiger partial charge in [-0.1, -0.05) is 6.58 Å². The summed E-state index contributed by atoms with van der Waals surface area (Å²) in [6, 6.07) is 0. The topological polar surface area (TPSA) is 63.6 Å². The van der Waals surface area contributed by atoms with Gasteiger partial charge in [-0.3, -0.25) is 4.79 Å². The van der Waals surface area contributed by atoms with Gasteiger partial charge < -0.3 is 14.6 Å². The number of aldehydes is 1. The molecule has 1 fully saturated rings. The Kier molecular flexibility index (Phi) is 2.28. The van der Waals surface area contributed by atoms with Crippen molar-refractivity contribution < 1.29 is 19.4 Å². The van der Waals surface area contributed by atoms with Crippen molar-refractivity contribution in [3.8, 4) is 0 Å². The van der Waals surface area contributed by atoms with Gasteiger partial charge in [-0.25, -0.2) is 0 Å². The van der Waals surface area contributed by atoms with Gasteiger partial charge in [0.1, 0.15) is 6.29 Å². The minimum Gasteiger partial charge on any atom is -0.429 e. The highest BCUT2D eigenvalue weighted by molar-refractivity contribution is 5.76. The van der Waals surface area contributed by atoms with Crippen LogP contribution in [0.15, 0.2) is 12.2 Å². The van der Waals surface area contributed by atoms with Crippen LogP contribution in [0, 0.1) is 0 Å². The van der Waals surface area contributed by atoms with Crippen LogP contribution in [-0.4, -0.2) is 23.1 Å². The summed E-state index contributed by atoms with van der Waals surface area (Å²) >= 11 is 0. The number of carbonyl (C=O) groups is 2. The number of rotatable bonds is 3. The first-order chi connectivity index (χ1) is 5.58. The molecular weight excluding hydrogens is 160 g/mol. The summed E-state index contributed by atoms with van der Waals surface area (Å²) in [7, 11) is 0. The van der Waals surface area contributed by atoms with E-state index in [1.165, 1.54) is 0 Å². The molecule has 66 valence electrons. The lowest BCUT2D eigenvalue weighted by Gasteiger charge is -2.20. The number of cyclic esters (lactones) is 1. The second-order valence-electron chi connectivity index (χ2n) is 2.74. The van der Waals surface area contributed by atoms with Crippen LogP contribution in [0.3, 0.4) is 0 Å². The van der Waals surface area contributed by atoms with Gasteiger partial charge in [0.2, 0.25) is 5.79 Å². The molecule has 0 aromatic heterocycles. The van der Waals surface area contributed by atoms with E-state index in [-0.39, 0.29) is 19.3 Å². The van der Waals surface area contributed by atoms with Gasteiger partial charge in [-0.15, -0.1) is 0 Å². The molecule has 0 spiro atoms. The van der Waals surface area contributed by atoms with E-state index in [9.17, 15) is 14.7 Å². The minimum absolute atomic E-state index is 0.0371. The number of hydrogen-bond donors (Lipinski definition) is 1. The molecule has 1 N–H and O–H groups in total. The summed E-state index contributed by atoms with van der Waals surface area (Å²) in [6.07, 6.45) is 0.955. The van der Waals surface area contributed by atoms with Gasteiger partial charge >= 0.3 is 5.97 Å². The maximum Gasteiger partial charge on any atom is 0.312 e. The number of ether oxygens (including phenoxy) is 1. The van der Waals surface area contributed by atoms with Crippen LogP contribution in [0.4, 0.5) is 0 Å². The minimum atomic E-state index is -1.60. The van der Waals surface area contributed by atoms with E-state index in [1.54, 1.807) is 0 Å². The average molecular weight is 170 g/mol. The van der Waals surface area contributed by atoms with Gasteiger partial charge in [-0.2, -0.15) is 0 Å². The molecule has 4 heteroatoms. The van der Waals surface area contributed by atoms with Gasteiger partial charge in [0.05, 0.1) is 6.42 Å². The molecule has 1 aliphatic rings. The Bertz CT molecular complexity index is 233. The smallest absolute Gasteiger partial charge is 0.312 e. The Hall–Kier alpha value is -1.16. The fraction of sp³-hybridized carbons (Fsp3) is 0.500. The molecule has 12 heavy (non-hydrogen) atoms. The van der Waals surface area contributed by atoms with Crippen LogP contribution in [0.5, 0.6) is 0 Å². The third-order valence-electron chi connectivity index (χ3n) is 1.79. The van der Waals surface area contributed by atoms with Crippen molar-refractivity contribution in [1.29, 1.82) is 0 Å². The standard InChI is InChI=1S/C8H10O4/c1-6-5-7(10)12-8(6,11)3-2-4-9/h4,11H,1-3,5H2. The monoisotopic (exact) mass is 170 g/mol. The largest absolute Gasteiger partial charge is 0.429 e. The zero-order valence-electron chi connectivity index (χ0n) is 6.58. The first-order valence-electron chi connectivity index (χ1n) is 3.64. The van der Waals surface area contributed by atoms with Crippen molar-refractivity contribution in [3.63, 3.8) is 0 Å². The van der Waals surface area contributed by atoms with E-state index in [1.807, 2.05) is 0 Å². The van der Waals surface area contributed by atoms with Crippen molar-refractivity contribution in [2.75, 3.05) is 0 Å². The number of aliphatic hydroxyl groups is 1. The zero-order chi connectivity index (χ0) is 9.19. The van der Waals surface area contributed by atoms with Gasteiger partial charge in [0, 0.05) is 18.4 Å². The lowest BCUT2D eigenvalue weighted by Crippen LogP contribution is -2.29. The lowest BCUT2D eigenvalue weighted by atomic mass is 10.0. The summed E-state index contributed by atoms with van der Waals surface area (Å²) in [5, 5.41) is 9.56. The van der Waals surface area contributed by atoms with E-state index in [4.69, 9.17) is 0 Å². The second kappa shape index (κ2) is 3.06. The summed E-state index contributed by atoms with van der Waals surface area (Å²) < 4.78 is 4.62. The van der Waals surface area contributed by atoms with Crippen LogP contribution in [0.25, 0.3) is 0 Å². The van der Waals surface area contributed by atoms with Gasteiger partial charge in [0.15, 0.2) is 0 Å². The van der Waals surface area contributed by atoms with Crippen molar-refractivity contribution in [1.82, 2.24) is 0 Å². The Morgan fingerprint density at radius 1 is 1.75 bits per heavy atom. The average Bonchev–Trinajstić information content (AvgIpc) is 2.23. The normalized spacial score (nSPS) is 28.8. The van der Waals surface area contributed by atoms with Crippen LogP contribution in [0.2, 0.25) is 0 Å². The molecule has 0 aromatic rings. The number of carbonyl (C=O) groups excluding carboxylic acids is 2. The zero-order valence-corrected chi connectivity index (χ0v) is 6.58. The predicted octanol–water partition coefficient (Wildman–Crippen LogP) is 0.157. The fourth-order valence-electron chi connectivity index (χ4n) is 1.09. The van der Waals surface area contributed by atoms with Crippen LogP contribution < -0.4 is 0 Å². The molecule has 0 aromatic carbocycles. The van der Waals surface area contributed by atoms with E-state index < -0.39 is 11.8 Å².